The largest absolute Gasteiger partial charge is 0.455 e. The fraction of sp³-hybridized carbons (Fsp3) is 0.529. The van der Waals surface area contributed by atoms with Crippen LogP contribution in [-0.2, 0) is 22.4 Å². The van der Waals surface area contributed by atoms with E-state index in [-0.39, 0.29) is 17.8 Å². The second-order valence-electron chi connectivity index (χ2n) is 6.55. The van der Waals surface area contributed by atoms with Crippen LogP contribution in [0.25, 0.3) is 11.3 Å². The molecule has 0 spiro atoms. The molecule has 4 rings (SSSR count). The zero-order valence-corrected chi connectivity index (χ0v) is 13.9. The lowest BCUT2D eigenvalue weighted by Crippen LogP contribution is -2.32. The van der Waals surface area contributed by atoms with Gasteiger partial charge in [-0.2, -0.15) is 5.10 Å². The maximum atomic E-state index is 11.6. The number of amides is 1. The highest BCUT2D eigenvalue weighted by molar-refractivity contribution is 5.94. The number of carbonyl (C=O) groups is 1. The van der Waals surface area contributed by atoms with Crippen molar-refractivity contribution in [1.82, 2.24) is 9.78 Å². The Morgan fingerprint density at radius 1 is 1.46 bits per heavy atom. The van der Waals surface area contributed by atoms with E-state index >= 15 is 0 Å². The third kappa shape index (κ3) is 2.44. The lowest BCUT2D eigenvalue weighted by Gasteiger charge is -2.22. The summed E-state index contributed by atoms with van der Waals surface area (Å²) in [6, 6.07) is 0. The average Bonchev–Trinajstić information content (AvgIpc) is 3.10. The zero-order chi connectivity index (χ0) is 16.8. The molecule has 128 valence electrons. The zero-order valence-electron chi connectivity index (χ0n) is 13.9. The first-order valence-corrected chi connectivity index (χ1v) is 8.23. The maximum Gasteiger partial charge on any atom is 0.284 e. The number of primary amides is 1. The summed E-state index contributed by atoms with van der Waals surface area (Å²) >= 11 is 0. The van der Waals surface area contributed by atoms with Crippen LogP contribution in [0.15, 0.2) is 10.6 Å². The summed E-state index contributed by atoms with van der Waals surface area (Å²) in [6.45, 7) is 6.50. The molecule has 2 aliphatic rings. The molecule has 0 bridgehead atoms. The van der Waals surface area contributed by atoms with Crippen molar-refractivity contribution in [2.45, 2.75) is 38.8 Å². The van der Waals surface area contributed by atoms with Gasteiger partial charge in [-0.05, 0) is 12.8 Å². The van der Waals surface area contributed by atoms with Crippen LogP contribution >= 0.6 is 0 Å². The van der Waals surface area contributed by atoms with Gasteiger partial charge in [-0.3, -0.25) is 9.48 Å². The SMILES string of the molecule is Cc1c(C(N)=O)oc2c1-c1nn(C[C@H]3COCCO3)cc1C(C)C2. The van der Waals surface area contributed by atoms with Crippen LogP contribution in [0.3, 0.4) is 0 Å². The molecule has 2 atom stereocenters. The van der Waals surface area contributed by atoms with E-state index in [2.05, 4.69) is 13.1 Å². The van der Waals surface area contributed by atoms with Crippen LogP contribution in [0.4, 0.5) is 0 Å². The van der Waals surface area contributed by atoms with Gasteiger partial charge >= 0.3 is 0 Å². The van der Waals surface area contributed by atoms with Crippen molar-refractivity contribution < 1.29 is 18.7 Å². The van der Waals surface area contributed by atoms with Crippen molar-refractivity contribution in [1.29, 1.82) is 0 Å². The lowest BCUT2D eigenvalue weighted by molar-refractivity contribution is -0.0946. The molecule has 3 heterocycles. The molecule has 0 radical (unpaired) electrons. The molecular formula is C17H21N3O4. The number of carbonyl (C=O) groups excluding carboxylic acids is 1. The Kier molecular flexibility index (Phi) is 3.69. The van der Waals surface area contributed by atoms with Gasteiger partial charge in [0.05, 0.1) is 32.1 Å². The number of furan rings is 1. The van der Waals surface area contributed by atoms with Crippen LogP contribution < -0.4 is 5.73 Å². The first-order valence-electron chi connectivity index (χ1n) is 8.23. The van der Waals surface area contributed by atoms with E-state index in [0.29, 0.717) is 26.4 Å². The minimum absolute atomic E-state index is 0.0153. The first kappa shape index (κ1) is 15.4. The predicted octanol–water partition coefficient (Wildman–Crippen LogP) is 1.63. The van der Waals surface area contributed by atoms with Crippen LogP contribution in [0, 0.1) is 6.92 Å². The minimum atomic E-state index is -0.539. The molecule has 24 heavy (non-hydrogen) atoms. The summed E-state index contributed by atoms with van der Waals surface area (Å²) in [7, 11) is 0. The first-order chi connectivity index (χ1) is 11.5. The molecule has 1 aliphatic carbocycles. The predicted molar refractivity (Wildman–Crippen MR) is 85.9 cm³/mol. The van der Waals surface area contributed by atoms with Crippen molar-refractivity contribution in [3.05, 3.63) is 28.8 Å². The van der Waals surface area contributed by atoms with Crippen molar-refractivity contribution >= 4 is 5.91 Å². The average molecular weight is 331 g/mol. The van der Waals surface area contributed by atoms with Gasteiger partial charge in [0.15, 0.2) is 5.76 Å². The molecule has 2 N–H and O–H groups in total. The highest BCUT2D eigenvalue weighted by Gasteiger charge is 2.32. The molecule has 7 heteroatoms. The van der Waals surface area contributed by atoms with Gasteiger partial charge in [0.1, 0.15) is 11.9 Å². The monoisotopic (exact) mass is 331 g/mol. The summed E-state index contributed by atoms with van der Waals surface area (Å²) in [5, 5.41) is 4.74. The molecule has 1 fully saturated rings. The fourth-order valence-corrected chi connectivity index (χ4v) is 3.59. The van der Waals surface area contributed by atoms with Crippen LogP contribution in [-0.4, -0.2) is 41.6 Å². The second kappa shape index (κ2) is 5.75. The number of ether oxygens (including phenoxy) is 2. The number of nitrogens with two attached hydrogens (primary N) is 1. The van der Waals surface area contributed by atoms with Gasteiger partial charge < -0.3 is 19.6 Å². The van der Waals surface area contributed by atoms with Gasteiger partial charge in [0, 0.05) is 29.3 Å². The lowest BCUT2D eigenvalue weighted by atomic mass is 9.86. The van der Waals surface area contributed by atoms with Crippen molar-refractivity contribution in [2.75, 3.05) is 19.8 Å². The molecule has 1 unspecified atom stereocenters. The summed E-state index contributed by atoms with van der Waals surface area (Å²) in [5.74, 6) is 0.766. The molecular weight excluding hydrogens is 310 g/mol. The van der Waals surface area contributed by atoms with E-state index < -0.39 is 5.91 Å². The molecule has 2 aromatic heterocycles. The molecule has 1 saturated heterocycles. The Hall–Kier alpha value is -2.12. The van der Waals surface area contributed by atoms with E-state index in [0.717, 1.165) is 29.0 Å². The van der Waals surface area contributed by atoms with Gasteiger partial charge in [0.2, 0.25) is 0 Å². The Bertz CT molecular complexity index is 786. The van der Waals surface area contributed by atoms with E-state index in [1.807, 2.05) is 11.6 Å². The van der Waals surface area contributed by atoms with Crippen molar-refractivity contribution in [2.24, 2.45) is 5.73 Å². The summed E-state index contributed by atoms with van der Waals surface area (Å²) in [6.07, 6.45) is 2.82. The Morgan fingerprint density at radius 3 is 3.00 bits per heavy atom. The molecule has 7 nitrogen and oxygen atoms in total. The Morgan fingerprint density at radius 2 is 2.29 bits per heavy atom. The van der Waals surface area contributed by atoms with Gasteiger partial charge in [-0.25, -0.2) is 0 Å². The third-order valence-corrected chi connectivity index (χ3v) is 4.77. The normalized spacial score (nSPS) is 22.9. The number of rotatable bonds is 3. The molecule has 2 aromatic rings. The Balaban J connectivity index is 1.71. The Labute approximate surface area is 139 Å². The van der Waals surface area contributed by atoms with E-state index in [9.17, 15) is 4.79 Å². The number of hydrogen-bond acceptors (Lipinski definition) is 5. The summed E-state index contributed by atoms with van der Waals surface area (Å²) in [5.41, 5.74) is 9.16. The van der Waals surface area contributed by atoms with E-state index in [1.165, 1.54) is 5.56 Å². The van der Waals surface area contributed by atoms with E-state index in [1.54, 1.807) is 0 Å². The van der Waals surface area contributed by atoms with E-state index in [4.69, 9.17) is 24.7 Å². The van der Waals surface area contributed by atoms with Crippen molar-refractivity contribution in [3.63, 3.8) is 0 Å². The van der Waals surface area contributed by atoms with Gasteiger partial charge in [-0.15, -0.1) is 0 Å². The molecule has 0 saturated carbocycles. The van der Waals surface area contributed by atoms with Crippen LogP contribution in [0.5, 0.6) is 0 Å². The van der Waals surface area contributed by atoms with Gasteiger partial charge in [-0.1, -0.05) is 6.92 Å². The summed E-state index contributed by atoms with van der Waals surface area (Å²) < 4.78 is 18.8. The number of hydrogen-bond donors (Lipinski definition) is 1. The minimum Gasteiger partial charge on any atom is -0.455 e. The number of fused-ring (bicyclic) bond motifs is 3. The molecule has 1 aliphatic heterocycles. The standard InChI is InChI=1S/C17H21N3O4/c1-9-5-13-14(10(2)16(24-13)17(18)21)15-12(9)7-20(19-15)6-11-8-22-3-4-23-11/h7,9,11H,3-6,8H2,1-2H3,(H2,18,21)/t9?,11-/m0/s1. The molecule has 0 aromatic carbocycles. The van der Waals surface area contributed by atoms with Crippen LogP contribution in [0.2, 0.25) is 0 Å². The topological polar surface area (TPSA) is 92.5 Å². The highest BCUT2D eigenvalue weighted by atomic mass is 16.6. The number of nitrogens with zero attached hydrogens (tertiary/aromatic N) is 2. The van der Waals surface area contributed by atoms with Gasteiger partial charge in [0.25, 0.3) is 5.91 Å². The second-order valence-corrected chi connectivity index (χ2v) is 6.55. The quantitative estimate of drug-likeness (QED) is 0.923. The smallest absolute Gasteiger partial charge is 0.284 e. The maximum absolute atomic E-state index is 11.6. The van der Waals surface area contributed by atoms with Crippen molar-refractivity contribution in [3.8, 4) is 11.3 Å². The third-order valence-electron chi connectivity index (χ3n) is 4.77. The fourth-order valence-electron chi connectivity index (χ4n) is 3.59. The van der Waals surface area contributed by atoms with Crippen LogP contribution in [0.1, 0.15) is 40.3 Å². The highest BCUT2D eigenvalue weighted by Crippen LogP contribution is 2.42. The molecule has 1 amide bonds. The summed E-state index contributed by atoms with van der Waals surface area (Å²) in [4.78, 5) is 11.6. The number of aromatic nitrogens is 2.